The van der Waals surface area contributed by atoms with Gasteiger partial charge >= 0.3 is 0 Å². The predicted molar refractivity (Wildman–Crippen MR) is 100 cm³/mol. The van der Waals surface area contributed by atoms with Crippen molar-refractivity contribution in [1.82, 2.24) is 0 Å². The first-order chi connectivity index (χ1) is 12.4. The van der Waals surface area contributed by atoms with E-state index in [-0.39, 0.29) is 11.8 Å². The molecule has 0 spiro atoms. The number of halogens is 1. The van der Waals surface area contributed by atoms with Crippen LogP contribution in [0.15, 0.2) is 47.4 Å². The van der Waals surface area contributed by atoms with Crippen molar-refractivity contribution in [2.75, 3.05) is 10.2 Å². The van der Waals surface area contributed by atoms with Gasteiger partial charge in [0.2, 0.25) is 11.8 Å². The Labute approximate surface area is 158 Å². The molecule has 6 nitrogen and oxygen atoms in total. The molecule has 0 saturated carbocycles. The number of nitrogens with two attached hydrogens (primary N) is 1. The van der Waals surface area contributed by atoms with Crippen molar-refractivity contribution in [3.05, 3.63) is 53.1 Å². The molecule has 26 heavy (non-hydrogen) atoms. The predicted octanol–water partition coefficient (Wildman–Crippen LogP) is 3.01. The van der Waals surface area contributed by atoms with Gasteiger partial charge in [-0.05, 0) is 48.9 Å². The Morgan fingerprint density at radius 1 is 1.19 bits per heavy atom. The lowest BCUT2D eigenvalue weighted by Gasteiger charge is -2.29. The highest BCUT2D eigenvalue weighted by molar-refractivity contribution is 8.02. The number of fused-ring (bicyclic) bond motifs is 3. The second-order valence-corrected chi connectivity index (χ2v) is 7.88. The van der Waals surface area contributed by atoms with Crippen molar-refractivity contribution in [2.24, 2.45) is 5.73 Å². The van der Waals surface area contributed by atoms with Gasteiger partial charge in [0.25, 0.3) is 5.91 Å². The molecule has 3 N–H and O–H groups in total. The number of nitrogens with zero attached hydrogens (tertiary/aromatic N) is 1. The maximum Gasteiger partial charge on any atom is 0.261 e. The molecular weight excluding hydrogens is 374 g/mol. The fourth-order valence-electron chi connectivity index (χ4n) is 3.27. The molecule has 0 bridgehead atoms. The molecule has 0 radical (unpaired) electrons. The van der Waals surface area contributed by atoms with Gasteiger partial charge < -0.3 is 11.1 Å². The van der Waals surface area contributed by atoms with Crippen LogP contribution in [-0.2, 0) is 9.59 Å². The summed E-state index contributed by atoms with van der Waals surface area (Å²) in [5.74, 6) is -0.919. The molecule has 2 aliphatic heterocycles. The minimum atomic E-state index is -1.02. The first kappa shape index (κ1) is 16.9. The van der Waals surface area contributed by atoms with E-state index in [1.54, 1.807) is 41.3 Å². The van der Waals surface area contributed by atoms with Gasteiger partial charge in [-0.25, -0.2) is 0 Å². The zero-order valence-corrected chi connectivity index (χ0v) is 15.1. The Morgan fingerprint density at radius 3 is 2.62 bits per heavy atom. The van der Waals surface area contributed by atoms with Crippen LogP contribution in [-0.4, -0.2) is 22.6 Å². The summed E-state index contributed by atoms with van der Waals surface area (Å²) in [7, 11) is 0. The molecule has 1 atom stereocenters. The van der Waals surface area contributed by atoms with Crippen LogP contribution in [0.3, 0.4) is 0 Å². The molecule has 4 rings (SSSR count). The van der Waals surface area contributed by atoms with Crippen LogP contribution in [0.4, 0.5) is 11.4 Å². The topological polar surface area (TPSA) is 92.5 Å². The smallest absolute Gasteiger partial charge is 0.261 e. The Kier molecular flexibility index (Phi) is 3.93. The highest BCUT2D eigenvalue weighted by atomic mass is 35.5. The largest absolute Gasteiger partial charge is 0.366 e. The van der Waals surface area contributed by atoms with Crippen LogP contribution < -0.4 is 16.0 Å². The summed E-state index contributed by atoms with van der Waals surface area (Å²) in [4.78, 5) is 38.1. The van der Waals surface area contributed by atoms with Crippen LogP contribution in [0.1, 0.15) is 23.2 Å². The lowest BCUT2D eigenvalue weighted by atomic mass is 10.1. The van der Waals surface area contributed by atoms with Crippen molar-refractivity contribution in [1.29, 1.82) is 0 Å². The van der Waals surface area contributed by atoms with Crippen molar-refractivity contribution in [2.45, 2.75) is 22.6 Å². The van der Waals surface area contributed by atoms with E-state index in [0.29, 0.717) is 34.8 Å². The summed E-state index contributed by atoms with van der Waals surface area (Å²) in [6.07, 6.45) is 0.709. The zero-order valence-electron chi connectivity index (χ0n) is 13.5. The summed E-state index contributed by atoms with van der Waals surface area (Å²) in [6, 6.07) is 11.6. The summed E-state index contributed by atoms with van der Waals surface area (Å²) >= 11 is 7.43. The molecule has 2 heterocycles. The lowest BCUT2D eigenvalue weighted by molar-refractivity contribution is -0.121. The number of thioether (sulfide) groups is 1. The van der Waals surface area contributed by atoms with Gasteiger partial charge in [-0.1, -0.05) is 23.4 Å². The normalized spacial score (nSPS) is 20.7. The molecule has 0 unspecified atom stereocenters. The first-order valence-corrected chi connectivity index (χ1v) is 9.13. The summed E-state index contributed by atoms with van der Waals surface area (Å²) < 4.78 is 0. The Bertz CT molecular complexity index is 947. The van der Waals surface area contributed by atoms with Crippen molar-refractivity contribution in [3.8, 4) is 0 Å². The number of anilines is 2. The number of nitrogens with one attached hydrogen (secondary N) is 1. The van der Waals surface area contributed by atoms with E-state index in [1.807, 2.05) is 6.07 Å². The molecule has 2 aromatic carbocycles. The Morgan fingerprint density at radius 2 is 1.92 bits per heavy atom. The number of hydrogen-bond donors (Lipinski definition) is 2. The third kappa shape index (κ3) is 2.55. The van der Waals surface area contributed by atoms with Crippen LogP contribution in [0, 0.1) is 0 Å². The number of primary amides is 1. The Balaban J connectivity index is 1.65. The fraction of sp³-hybridized carbons (Fsp3) is 0.167. The Hall–Kier alpha value is -2.51. The first-order valence-electron chi connectivity index (χ1n) is 7.94. The minimum Gasteiger partial charge on any atom is -0.366 e. The zero-order chi connectivity index (χ0) is 18.5. The van der Waals surface area contributed by atoms with Crippen molar-refractivity contribution in [3.63, 3.8) is 0 Å². The third-order valence-electron chi connectivity index (χ3n) is 4.51. The van der Waals surface area contributed by atoms with Crippen LogP contribution in [0.25, 0.3) is 0 Å². The highest BCUT2D eigenvalue weighted by Gasteiger charge is 2.57. The van der Waals surface area contributed by atoms with E-state index in [9.17, 15) is 14.4 Å². The number of rotatable bonds is 3. The molecule has 0 aromatic heterocycles. The van der Waals surface area contributed by atoms with E-state index in [2.05, 4.69) is 5.32 Å². The molecule has 1 fully saturated rings. The quantitative estimate of drug-likeness (QED) is 0.846. The second-order valence-electron chi connectivity index (χ2n) is 6.12. The van der Waals surface area contributed by atoms with E-state index >= 15 is 0 Å². The number of benzene rings is 2. The van der Waals surface area contributed by atoms with E-state index < -0.39 is 10.8 Å². The monoisotopic (exact) mass is 387 g/mol. The molecule has 132 valence electrons. The van der Waals surface area contributed by atoms with Gasteiger partial charge in [0.15, 0.2) is 4.87 Å². The molecule has 1 saturated heterocycles. The van der Waals surface area contributed by atoms with Gasteiger partial charge in [-0.15, -0.1) is 0 Å². The maximum absolute atomic E-state index is 13.1. The van der Waals surface area contributed by atoms with Crippen LogP contribution >= 0.6 is 23.4 Å². The fourth-order valence-corrected chi connectivity index (χ4v) is 4.83. The molecule has 2 aliphatic rings. The lowest BCUT2D eigenvalue weighted by Crippen LogP contribution is -2.49. The second kappa shape index (κ2) is 6.03. The molecule has 2 aromatic rings. The molecular formula is C18H14ClN3O3S. The van der Waals surface area contributed by atoms with Gasteiger partial charge in [-0.3, -0.25) is 19.3 Å². The van der Waals surface area contributed by atoms with Crippen LogP contribution in [0.2, 0.25) is 5.02 Å². The number of amides is 3. The summed E-state index contributed by atoms with van der Waals surface area (Å²) in [6.45, 7) is 0. The minimum absolute atomic E-state index is 0.0993. The van der Waals surface area contributed by atoms with E-state index in [1.165, 1.54) is 11.8 Å². The van der Waals surface area contributed by atoms with Crippen molar-refractivity contribution >= 4 is 52.5 Å². The van der Waals surface area contributed by atoms with Crippen LogP contribution in [0.5, 0.6) is 0 Å². The third-order valence-corrected chi connectivity index (χ3v) is 6.22. The van der Waals surface area contributed by atoms with Gasteiger partial charge in [0.1, 0.15) is 0 Å². The SMILES string of the molecule is NC(=O)c1ccc(NC(=O)[C@]23CCC(=O)N2c2cc(Cl)ccc2S3)cc1. The summed E-state index contributed by atoms with van der Waals surface area (Å²) in [5, 5.41) is 3.36. The van der Waals surface area contributed by atoms with E-state index in [4.69, 9.17) is 17.3 Å². The van der Waals surface area contributed by atoms with Gasteiger partial charge in [-0.2, -0.15) is 0 Å². The standard InChI is InChI=1S/C18H14ClN3O3S/c19-11-3-6-14-13(9-11)22-15(23)7-8-18(22,26-14)17(25)21-12-4-1-10(2-5-12)16(20)24/h1-6,9H,7-8H2,(H2,20,24)(H,21,25)/t18-/m1/s1. The molecule has 3 amide bonds. The summed E-state index contributed by atoms with van der Waals surface area (Å²) in [5.41, 5.74) is 6.78. The van der Waals surface area contributed by atoms with Gasteiger partial charge in [0.05, 0.1) is 5.69 Å². The maximum atomic E-state index is 13.1. The van der Waals surface area contributed by atoms with Gasteiger partial charge in [0, 0.05) is 27.6 Å². The highest BCUT2D eigenvalue weighted by Crippen LogP contribution is 2.56. The average Bonchev–Trinajstić information content (AvgIpc) is 3.11. The van der Waals surface area contributed by atoms with Crippen molar-refractivity contribution < 1.29 is 14.4 Å². The number of carbonyl (C=O) groups excluding carboxylic acids is 3. The number of hydrogen-bond acceptors (Lipinski definition) is 4. The number of carbonyl (C=O) groups is 3. The molecule has 8 heteroatoms. The molecule has 0 aliphatic carbocycles. The average molecular weight is 388 g/mol. The van der Waals surface area contributed by atoms with E-state index in [0.717, 1.165) is 4.90 Å².